The van der Waals surface area contributed by atoms with Crippen LogP contribution in [0.1, 0.15) is 43.6 Å². The molecule has 2 heterocycles. The van der Waals surface area contributed by atoms with Crippen molar-refractivity contribution in [1.82, 2.24) is 14.9 Å². The lowest BCUT2D eigenvalue weighted by molar-refractivity contribution is -0.119. The Bertz CT molecular complexity index is 1320. The summed E-state index contributed by atoms with van der Waals surface area (Å²) < 4.78 is 1.63. The smallest absolute Gasteiger partial charge is 0.267 e. The van der Waals surface area contributed by atoms with Gasteiger partial charge in [-0.25, -0.2) is 4.98 Å². The summed E-state index contributed by atoms with van der Waals surface area (Å²) in [5.41, 5.74) is 0.987. The number of nitrogens with one attached hydrogen (secondary N) is 1. The number of thioether (sulfide) groups is 1. The highest BCUT2D eigenvalue weighted by molar-refractivity contribution is 7.99. The average Bonchev–Trinajstić information content (AvgIpc) is 3.60. The number of benzene rings is 1. The molecule has 0 radical (unpaired) electrons. The van der Waals surface area contributed by atoms with E-state index < -0.39 is 5.54 Å². The molecule has 1 N–H and O–H groups in total. The predicted molar refractivity (Wildman–Crippen MR) is 132 cm³/mol. The van der Waals surface area contributed by atoms with E-state index in [2.05, 4.69) is 18.3 Å². The summed E-state index contributed by atoms with van der Waals surface area (Å²) in [6.07, 6.45) is 4.90. The van der Waals surface area contributed by atoms with E-state index in [4.69, 9.17) is 4.98 Å². The summed E-state index contributed by atoms with van der Waals surface area (Å²) in [7, 11) is 0. The van der Waals surface area contributed by atoms with E-state index in [1.54, 1.807) is 22.8 Å². The van der Waals surface area contributed by atoms with Crippen LogP contribution in [0.4, 0.5) is 0 Å². The molecule has 1 amide bonds. The van der Waals surface area contributed by atoms with E-state index in [0.717, 1.165) is 53.6 Å². The maximum Gasteiger partial charge on any atom is 0.267 e. The van der Waals surface area contributed by atoms with Gasteiger partial charge in [0.05, 0.1) is 22.9 Å². The van der Waals surface area contributed by atoms with Gasteiger partial charge in [0.25, 0.3) is 5.56 Å². The second kappa shape index (κ2) is 8.62. The first-order chi connectivity index (χ1) is 15.9. The number of carbonyl (C=O) groups excluding carboxylic acids is 1. The van der Waals surface area contributed by atoms with Crippen LogP contribution < -0.4 is 10.9 Å². The van der Waals surface area contributed by atoms with E-state index in [-0.39, 0.29) is 23.1 Å². The van der Waals surface area contributed by atoms with E-state index in [1.165, 1.54) is 16.6 Å². The fourth-order valence-electron chi connectivity index (χ4n) is 4.61. The molecule has 170 valence electrons. The van der Waals surface area contributed by atoms with Gasteiger partial charge in [-0.3, -0.25) is 14.2 Å². The Morgan fingerprint density at radius 3 is 2.79 bits per heavy atom. The Hall–Kier alpha value is -2.63. The molecule has 3 aromatic rings. The summed E-state index contributed by atoms with van der Waals surface area (Å²) in [6.45, 7) is 4.04. The van der Waals surface area contributed by atoms with Crippen molar-refractivity contribution in [3.05, 3.63) is 51.1 Å². The molecule has 8 heteroatoms. The van der Waals surface area contributed by atoms with Crippen LogP contribution in [0.3, 0.4) is 0 Å². The van der Waals surface area contributed by atoms with Gasteiger partial charge in [0.15, 0.2) is 5.16 Å². The SMILES string of the molecule is CC1CCc2c(sc3nc(SCC(=O)NC(C)(C#N)C4CC4)n(-c4ccccc4)c(=O)c23)C1. The number of aryl methyl sites for hydroxylation is 1. The largest absolute Gasteiger partial charge is 0.337 e. The molecule has 2 atom stereocenters. The predicted octanol–water partition coefficient (Wildman–Crippen LogP) is 4.47. The van der Waals surface area contributed by atoms with Crippen LogP contribution in [-0.4, -0.2) is 26.8 Å². The zero-order valence-corrected chi connectivity index (χ0v) is 20.4. The number of amides is 1. The summed E-state index contributed by atoms with van der Waals surface area (Å²) in [5, 5.41) is 13.7. The normalized spacial score (nSPS) is 19.5. The molecule has 5 rings (SSSR count). The molecule has 0 spiro atoms. The Labute approximate surface area is 201 Å². The van der Waals surface area contributed by atoms with Crippen molar-refractivity contribution in [3.63, 3.8) is 0 Å². The molecule has 2 unspecified atom stereocenters. The first-order valence-corrected chi connectivity index (χ1v) is 13.2. The molecule has 1 saturated carbocycles. The van der Waals surface area contributed by atoms with Crippen LogP contribution in [0.15, 0.2) is 40.3 Å². The molecule has 1 fully saturated rings. The lowest BCUT2D eigenvalue weighted by Gasteiger charge is -2.22. The number of thiophene rings is 1. The van der Waals surface area contributed by atoms with Crippen LogP contribution in [0.25, 0.3) is 15.9 Å². The molecule has 2 aromatic heterocycles. The average molecular weight is 479 g/mol. The van der Waals surface area contributed by atoms with Crippen molar-refractivity contribution in [1.29, 1.82) is 5.26 Å². The van der Waals surface area contributed by atoms with E-state index in [1.807, 2.05) is 30.3 Å². The molecule has 0 bridgehead atoms. The third kappa shape index (κ3) is 4.20. The van der Waals surface area contributed by atoms with Gasteiger partial charge < -0.3 is 5.32 Å². The maximum absolute atomic E-state index is 13.8. The number of nitrogens with zero attached hydrogens (tertiary/aromatic N) is 3. The standard InChI is InChI=1S/C25H26N4O2S2/c1-15-8-11-18-19(12-15)33-22-21(18)23(31)29(17-6-4-3-5-7-17)24(27-22)32-13-20(30)28-25(2,14-26)16-9-10-16/h3-7,15-16H,8-13H2,1-2H3,(H,28,30). The molecular weight excluding hydrogens is 452 g/mol. The quantitative estimate of drug-likeness (QED) is 0.417. The van der Waals surface area contributed by atoms with E-state index >= 15 is 0 Å². The van der Waals surface area contributed by atoms with Crippen molar-refractivity contribution < 1.29 is 4.79 Å². The Morgan fingerprint density at radius 1 is 1.33 bits per heavy atom. The second-order valence-electron chi connectivity index (χ2n) is 9.33. The van der Waals surface area contributed by atoms with Gasteiger partial charge in [0, 0.05) is 4.88 Å². The monoisotopic (exact) mass is 478 g/mol. The number of aromatic nitrogens is 2. The van der Waals surface area contributed by atoms with E-state index in [9.17, 15) is 14.9 Å². The molecule has 1 aromatic carbocycles. The molecule has 2 aliphatic rings. The number of rotatable bonds is 6. The van der Waals surface area contributed by atoms with Crippen LogP contribution in [0.5, 0.6) is 0 Å². The third-order valence-electron chi connectivity index (χ3n) is 6.67. The number of hydrogen-bond acceptors (Lipinski definition) is 6. The fourth-order valence-corrected chi connectivity index (χ4v) is 6.85. The molecule has 6 nitrogen and oxygen atoms in total. The van der Waals surface area contributed by atoms with E-state index in [0.29, 0.717) is 11.1 Å². The lowest BCUT2D eigenvalue weighted by atomic mass is 9.89. The fraction of sp³-hybridized carbons (Fsp3) is 0.440. The highest BCUT2D eigenvalue weighted by Gasteiger charge is 2.43. The lowest BCUT2D eigenvalue weighted by Crippen LogP contribution is -2.47. The van der Waals surface area contributed by atoms with Crippen molar-refractivity contribution in [2.24, 2.45) is 11.8 Å². The Kier molecular flexibility index (Phi) is 5.79. The van der Waals surface area contributed by atoms with Crippen molar-refractivity contribution >= 4 is 39.2 Å². The minimum absolute atomic E-state index is 0.0685. The molecular formula is C25H26N4O2S2. The van der Waals surface area contributed by atoms with Gasteiger partial charge >= 0.3 is 0 Å². The highest BCUT2D eigenvalue weighted by atomic mass is 32.2. The van der Waals surface area contributed by atoms with Gasteiger partial charge in [-0.2, -0.15) is 5.26 Å². The van der Waals surface area contributed by atoms with Gasteiger partial charge in [0.2, 0.25) is 5.91 Å². The van der Waals surface area contributed by atoms with Gasteiger partial charge in [-0.15, -0.1) is 11.3 Å². The molecule has 0 aliphatic heterocycles. The first-order valence-electron chi connectivity index (χ1n) is 11.4. The van der Waals surface area contributed by atoms with Crippen LogP contribution in [0.2, 0.25) is 0 Å². The Balaban J connectivity index is 1.51. The second-order valence-corrected chi connectivity index (χ2v) is 11.4. The topological polar surface area (TPSA) is 87.8 Å². The van der Waals surface area contributed by atoms with Crippen LogP contribution in [-0.2, 0) is 17.6 Å². The van der Waals surface area contributed by atoms with Gasteiger partial charge in [0.1, 0.15) is 10.4 Å². The molecule has 2 aliphatic carbocycles. The number of nitriles is 1. The summed E-state index contributed by atoms with van der Waals surface area (Å²) in [5.74, 6) is 0.703. The van der Waals surface area contributed by atoms with Gasteiger partial charge in [-0.1, -0.05) is 36.9 Å². The molecule has 0 saturated heterocycles. The minimum atomic E-state index is -0.836. The van der Waals surface area contributed by atoms with Crippen molar-refractivity contribution in [3.8, 4) is 11.8 Å². The zero-order chi connectivity index (χ0) is 23.2. The Morgan fingerprint density at radius 2 is 2.09 bits per heavy atom. The summed E-state index contributed by atoms with van der Waals surface area (Å²) in [4.78, 5) is 33.4. The molecule has 33 heavy (non-hydrogen) atoms. The number of hydrogen-bond donors (Lipinski definition) is 1. The first kappa shape index (κ1) is 22.2. The minimum Gasteiger partial charge on any atom is -0.337 e. The highest BCUT2D eigenvalue weighted by Crippen LogP contribution is 2.39. The summed E-state index contributed by atoms with van der Waals surface area (Å²) >= 11 is 2.86. The van der Waals surface area contributed by atoms with Gasteiger partial charge in [-0.05, 0) is 68.6 Å². The number of carbonyl (C=O) groups is 1. The van der Waals surface area contributed by atoms with Crippen LogP contribution in [0, 0.1) is 23.2 Å². The summed E-state index contributed by atoms with van der Waals surface area (Å²) in [6, 6.07) is 11.7. The maximum atomic E-state index is 13.8. The number of fused-ring (bicyclic) bond motifs is 3. The van der Waals surface area contributed by atoms with Crippen molar-refractivity contribution in [2.75, 3.05) is 5.75 Å². The third-order valence-corrected chi connectivity index (χ3v) is 8.76. The number of para-hydroxylation sites is 1. The zero-order valence-electron chi connectivity index (χ0n) is 18.8. The van der Waals surface area contributed by atoms with Crippen LogP contribution >= 0.6 is 23.1 Å². The van der Waals surface area contributed by atoms with Crippen molar-refractivity contribution in [2.45, 2.75) is 56.6 Å².